The van der Waals surface area contributed by atoms with Crippen LogP contribution in [0.1, 0.15) is 50.0 Å². The number of pyridine rings is 2. The number of allylic oxidation sites excluding steroid dienone is 1. The Morgan fingerprint density at radius 3 is 2.69 bits per heavy atom. The van der Waals surface area contributed by atoms with E-state index >= 15 is 0 Å². The van der Waals surface area contributed by atoms with Crippen molar-refractivity contribution in [1.29, 1.82) is 0 Å². The van der Waals surface area contributed by atoms with Gasteiger partial charge in [-0.15, -0.1) is 54.1 Å². The Morgan fingerprint density at radius 1 is 1.00 bits per heavy atom. The molecule has 45 heavy (non-hydrogen) atoms. The summed E-state index contributed by atoms with van der Waals surface area (Å²) >= 11 is 0. The number of aryl methyl sites for hydroxylation is 2. The van der Waals surface area contributed by atoms with Crippen molar-refractivity contribution < 1.29 is 31.4 Å². The van der Waals surface area contributed by atoms with E-state index in [1.165, 1.54) is 22.7 Å². The molecular formula is C39H34IrN4O-2. The van der Waals surface area contributed by atoms with Crippen LogP contribution in [-0.4, -0.2) is 19.5 Å². The maximum atomic E-state index is 8.55. The van der Waals surface area contributed by atoms with Gasteiger partial charge in [-0.1, -0.05) is 61.6 Å². The van der Waals surface area contributed by atoms with Gasteiger partial charge < -0.3 is 14.0 Å². The van der Waals surface area contributed by atoms with Gasteiger partial charge in [-0.25, -0.2) is 4.98 Å². The quantitative estimate of drug-likeness (QED) is 0.168. The Morgan fingerprint density at radius 2 is 1.89 bits per heavy atom. The number of nitrogens with zero attached hydrogens (tertiary/aromatic N) is 4. The molecule has 0 saturated heterocycles. The Kier molecular flexibility index (Phi) is 6.74. The van der Waals surface area contributed by atoms with Gasteiger partial charge >= 0.3 is 0 Å². The Labute approximate surface area is 284 Å². The molecule has 1 radical (unpaired) electrons. The summed E-state index contributed by atoms with van der Waals surface area (Å²) in [6.07, 6.45) is 4.41. The first kappa shape index (κ1) is 24.9. The SMILES string of the molecule is Cc1ccc2nc(-c3[c-]cccc3)n3c2c1C=CC3.[2H]C([2H])([2H])c1ccc2c(n1)oc1c(-c3cc(C([2H])([2H])C(C)(C)C)ccn3)[c-]ccc12.[Ir]. The number of hydrogen-bond acceptors (Lipinski definition) is 4. The van der Waals surface area contributed by atoms with Crippen LogP contribution in [0.5, 0.6) is 0 Å². The van der Waals surface area contributed by atoms with E-state index < -0.39 is 18.6 Å². The smallest absolute Gasteiger partial charge is 0.216 e. The van der Waals surface area contributed by atoms with Gasteiger partial charge in [-0.05, 0) is 61.1 Å². The van der Waals surface area contributed by atoms with Crippen molar-refractivity contribution in [3.63, 3.8) is 0 Å². The van der Waals surface area contributed by atoms with Crippen molar-refractivity contribution in [2.45, 2.75) is 47.5 Å². The van der Waals surface area contributed by atoms with Gasteiger partial charge in [0, 0.05) is 56.3 Å². The number of rotatable bonds is 3. The zero-order valence-corrected chi connectivity index (χ0v) is 27.8. The molecule has 1 aliphatic rings. The number of furan rings is 1. The fraction of sp³-hybridized carbons (Fsp3) is 0.205. The first-order chi connectivity index (χ1) is 23.2. The third-order valence-electron chi connectivity index (χ3n) is 7.52. The van der Waals surface area contributed by atoms with Crippen LogP contribution in [0.2, 0.25) is 0 Å². The maximum Gasteiger partial charge on any atom is 0.216 e. The van der Waals surface area contributed by atoms with E-state index in [2.05, 4.69) is 63.9 Å². The van der Waals surface area contributed by atoms with Crippen molar-refractivity contribution >= 4 is 39.2 Å². The zero-order chi connectivity index (χ0) is 34.7. The molecular weight excluding hydrogens is 733 g/mol. The monoisotopic (exact) mass is 772 g/mol. The van der Waals surface area contributed by atoms with E-state index in [0.29, 0.717) is 27.8 Å². The molecule has 0 unspecified atom stereocenters. The van der Waals surface area contributed by atoms with Gasteiger partial charge in [-0.3, -0.25) is 4.98 Å². The summed E-state index contributed by atoms with van der Waals surface area (Å²) < 4.78 is 48.0. The molecule has 0 amide bonds. The van der Waals surface area contributed by atoms with Gasteiger partial charge in [0.15, 0.2) is 0 Å². The summed E-state index contributed by atoms with van der Waals surface area (Å²) in [7, 11) is 0. The number of benzene rings is 3. The second kappa shape index (κ2) is 12.2. The molecule has 0 aliphatic carbocycles. The zero-order valence-electron chi connectivity index (χ0n) is 30.4. The molecule has 0 fully saturated rings. The van der Waals surface area contributed by atoms with Gasteiger partial charge in [0.2, 0.25) is 5.71 Å². The number of fused-ring (bicyclic) bond motifs is 3. The molecule has 5 nitrogen and oxygen atoms in total. The van der Waals surface area contributed by atoms with E-state index in [9.17, 15) is 0 Å². The van der Waals surface area contributed by atoms with Crippen molar-refractivity contribution in [1.82, 2.24) is 19.5 Å². The van der Waals surface area contributed by atoms with Crippen molar-refractivity contribution in [2.24, 2.45) is 5.41 Å². The minimum absolute atomic E-state index is 0. The van der Waals surface area contributed by atoms with Crippen LogP contribution in [0.25, 0.3) is 61.8 Å². The third-order valence-corrected chi connectivity index (χ3v) is 7.52. The van der Waals surface area contributed by atoms with Crippen LogP contribution < -0.4 is 0 Å². The predicted molar refractivity (Wildman–Crippen MR) is 179 cm³/mol. The molecule has 227 valence electrons. The van der Waals surface area contributed by atoms with Gasteiger partial charge in [0.1, 0.15) is 0 Å². The first-order valence-electron chi connectivity index (χ1n) is 17.1. The van der Waals surface area contributed by atoms with Crippen LogP contribution in [-0.2, 0) is 33.0 Å². The molecule has 1 aliphatic heterocycles. The van der Waals surface area contributed by atoms with Crippen LogP contribution >= 0.6 is 0 Å². The van der Waals surface area contributed by atoms with Crippen molar-refractivity contribution in [3.8, 4) is 22.6 Å². The number of aromatic nitrogens is 4. The molecule has 0 spiro atoms. The number of imidazole rings is 1. The average molecular weight is 772 g/mol. The molecule has 5 heterocycles. The van der Waals surface area contributed by atoms with E-state index in [4.69, 9.17) is 16.3 Å². The summed E-state index contributed by atoms with van der Waals surface area (Å²) in [4.78, 5) is 13.4. The molecule has 6 heteroatoms. The maximum absolute atomic E-state index is 8.55. The van der Waals surface area contributed by atoms with Gasteiger partial charge in [-0.2, -0.15) is 0 Å². The second-order valence-electron chi connectivity index (χ2n) is 11.9. The van der Waals surface area contributed by atoms with Crippen molar-refractivity contribution in [2.75, 3.05) is 0 Å². The molecule has 3 aromatic carbocycles. The Bertz CT molecular complexity index is 2390. The fourth-order valence-electron chi connectivity index (χ4n) is 5.64. The standard InChI is InChI=1S/C22H21N2O.C17H13N2.Ir/c1-14-8-9-17-16-6-5-7-18(20(16)25-21(17)24-14)19-12-15(10-11-23-19)13-22(2,3)4;1-12-9-10-15-16-14(12)8-5-11-19(16)17(18-15)13-6-3-2-4-7-13;/h5-6,8-12H,13H2,1-4H3;2-6,8-10H,11H2,1H3;/q2*-1;/i1D3,13D2;;. The van der Waals surface area contributed by atoms with Gasteiger partial charge in [0.05, 0.1) is 22.4 Å². The van der Waals surface area contributed by atoms with E-state index in [0.717, 1.165) is 28.8 Å². The second-order valence-corrected chi connectivity index (χ2v) is 11.9. The van der Waals surface area contributed by atoms with Crippen LogP contribution in [0, 0.1) is 31.3 Å². The molecule has 4 aromatic heterocycles. The predicted octanol–water partition coefficient (Wildman–Crippen LogP) is 9.58. The van der Waals surface area contributed by atoms with E-state index in [-0.39, 0.29) is 31.5 Å². The summed E-state index contributed by atoms with van der Waals surface area (Å²) in [6.45, 7) is 6.27. The van der Waals surface area contributed by atoms with Crippen LogP contribution in [0.15, 0.2) is 89.5 Å². The molecule has 0 atom stereocenters. The minimum atomic E-state index is -2.32. The Hall–Kier alpha value is -4.38. The van der Waals surface area contributed by atoms with Crippen LogP contribution in [0.4, 0.5) is 0 Å². The largest absolute Gasteiger partial charge is 0.486 e. The van der Waals surface area contributed by atoms with Gasteiger partial charge in [0.25, 0.3) is 0 Å². The third kappa shape index (κ3) is 6.01. The molecule has 8 rings (SSSR count). The summed E-state index contributed by atoms with van der Waals surface area (Å²) in [5.74, 6) is 1.01. The summed E-state index contributed by atoms with van der Waals surface area (Å²) in [6, 6.07) is 28.8. The normalized spacial score (nSPS) is 14.5. The summed E-state index contributed by atoms with van der Waals surface area (Å²) in [5.41, 5.74) is 7.67. The number of hydrogen-bond donors (Lipinski definition) is 0. The fourth-order valence-corrected chi connectivity index (χ4v) is 5.64. The van der Waals surface area contributed by atoms with E-state index in [1.54, 1.807) is 30.5 Å². The topological polar surface area (TPSA) is 56.7 Å². The molecule has 7 aromatic rings. The molecule has 0 N–H and O–H groups in total. The van der Waals surface area contributed by atoms with Crippen molar-refractivity contribution in [3.05, 3.63) is 120 Å². The van der Waals surface area contributed by atoms with Crippen LogP contribution in [0.3, 0.4) is 0 Å². The first-order valence-corrected chi connectivity index (χ1v) is 14.6. The molecule has 0 bridgehead atoms. The summed E-state index contributed by atoms with van der Waals surface area (Å²) in [5, 5.41) is 1.48. The minimum Gasteiger partial charge on any atom is -0.486 e. The average Bonchev–Trinajstić information content (AvgIpc) is 3.65. The molecule has 0 saturated carbocycles. The van der Waals surface area contributed by atoms with E-state index in [1.807, 2.05) is 45.0 Å². The Balaban J connectivity index is 0.000000185.